The summed E-state index contributed by atoms with van der Waals surface area (Å²) in [5.74, 6) is -1.60. The van der Waals surface area contributed by atoms with Crippen molar-refractivity contribution in [3.8, 4) is 5.75 Å². The Morgan fingerprint density at radius 1 is 0.871 bits per heavy atom. The number of carbonyl (C=O) groups excluding carboxylic acids is 4. The largest absolute Gasteiger partial charge is 0.484 e. The molecule has 1 saturated heterocycles. The molecule has 2 aromatic carbocycles. The van der Waals surface area contributed by atoms with Gasteiger partial charge in [0, 0.05) is 37.1 Å². The highest BCUT2D eigenvalue weighted by Crippen LogP contribution is 2.18. The first kappa shape index (κ1) is 21.8. The lowest BCUT2D eigenvalue weighted by Crippen LogP contribution is -2.55. The zero-order valence-electron chi connectivity index (χ0n) is 17.2. The molecule has 4 amide bonds. The van der Waals surface area contributed by atoms with Crippen LogP contribution in [0.5, 0.6) is 5.75 Å². The Kier molecular flexibility index (Phi) is 7.21. The Balaban J connectivity index is 1.49. The molecule has 0 bridgehead atoms. The van der Waals surface area contributed by atoms with Crippen molar-refractivity contribution in [2.45, 2.75) is 6.92 Å². The molecule has 0 spiro atoms. The maximum Gasteiger partial charge on any atom is 0.312 e. The van der Waals surface area contributed by atoms with Crippen molar-refractivity contribution in [3.05, 3.63) is 54.6 Å². The Morgan fingerprint density at radius 2 is 1.52 bits per heavy atom. The minimum Gasteiger partial charge on any atom is -0.484 e. The number of amides is 4. The standard InChI is InChI=1S/C22H24N4O5/c1-2-25-11-12-26(22(30)21(25)29)14-19(27)24-17-9-6-10-18(13-17)31-15-20(28)23-16-7-4-3-5-8-16/h3-10,13H,2,11-12,14-15H2,1H3,(H,23,28)(H,24,27). The summed E-state index contributed by atoms with van der Waals surface area (Å²) >= 11 is 0. The lowest BCUT2D eigenvalue weighted by molar-refractivity contribution is -0.156. The molecule has 9 heteroatoms. The molecule has 9 nitrogen and oxygen atoms in total. The minimum atomic E-state index is -0.676. The second-order valence-electron chi connectivity index (χ2n) is 6.89. The molecule has 2 aromatic rings. The van der Waals surface area contributed by atoms with Gasteiger partial charge in [0.15, 0.2) is 6.61 Å². The van der Waals surface area contributed by atoms with Gasteiger partial charge in [-0.15, -0.1) is 0 Å². The molecule has 1 aliphatic rings. The summed E-state index contributed by atoms with van der Waals surface area (Å²) in [4.78, 5) is 51.1. The van der Waals surface area contributed by atoms with E-state index in [-0.39, 0.29) is 19.1 Å². The lowest BCUT2D eigenvalue weighted by atomic mass is 10.2. The van der Waals surface area contributed by atoms with E-state index in [4.69, 9.17) is 4.74 Å². The van der Waals surface area contributed by atoms with Crippen molar-refractivity contribution in [2.75, 3.05) is 43.4 Å². The van der Waals surface area contributed by atoms with Crippen molar-refractivity contribution in [2.24, 2.45) is 0 Å². The fraction of sp³-hybridized carbons (Fsp3) is 0.273. The van der Waals surface area contributed by atoms with Crippen molar-refractivity contribution >= 4 is 35.0 Å². The van der Waals surface area contributed by atoms with Crippen molar-refractivity contribution < 1.29 is 23.9 Å². The second kappa shape index (κ2) is 10.2. The zero-order chi connectivity index (χ0) is 22.2. The molecule has 0 aromatic heterocycles. The number of para-hydroxylation sites is 1. The van der Waals surface area contributed by atoms with E-state index in [9.17, 15) is 19.2 Å². The SMILES string of the molecule is CCN1CCN(CC(=O)Nc2cccc(OCC(=O)Nc3ccccc3)c2)C(=O)C1=O. The van der Waals surface area contributed by atoms with Crippen LogP contribution in [0.3, 0.4) is 0 Å². The van der Waals surface area contributed by atoms with Crippen LogP contribution in [-0.4, -0.2) is 66.2 Å². The number of anilines is 2. The van der Waals surface area contributed by atoms with Crippen molar-refractivity contribution in [3.63, 3.8) is 0 Å². The van der Waals surface area contributed by atoms with Gasteiger partial charge in [0.05, 0.1) is 0 Å². The van der Waals surface area contributed by atoms with Gasteiger partial charge in [0.1, 0.15) is 12.3 Å². The summed E-state index contributed by atoms with van der Waals surface area (Å²) in [6.07, 6.45) is 0. The summed E-state index contributed by atoms with van der Waals surface area (Å²) in [5.41, 5.74) is 1.13. The topological polar surface area (TPSA) is 108 Å². The van der Waals surface area contributed by atoms with Gasteiger partial charge in [-0.05, 0) is 31.2 Å². The molecule has 1 heterocycles. The average molecular weight is 424 g/mol. The summed E-state index contributed by atoms with van der Waals surface area (Å²) < 4.78 is 5.49. The van der Waals surface area contributed by atoms with Crippen LogP contribution in [0.1, 0.15) is 6.92 Å². The van der Waals surface area contributed by atoms with Gasteiger partial charge in [-0.25, -0.2) is 0 Å². The molecule has 2 N–H and O–H groups in total. The predicted octanol–water partition coefficient (Wildman–Crippen LogP) is 1.33. The quantitative estimate of drug-likeness (QED) is 0.622. The van der Waals surface area contributed by atoms with Crippen LogP contribution in [0.2, 0.25) is 0 Å². The van der Waals surface area contributed by atoms with Gasteiger partial charge in [-0.1, -0.05) is 24.3 Å². The van der Waals surface area contributed by atoms with Crippen molar-refractivity contribution in [1.29, 1.82) is 0 Å². The van der Waals surface area contributed by atoms with Gasteiger partial charge < -0.3 is 25.2 Å². The molecule has 1 aliphatic heterocycles. The number of carbonyl (C=O) groups is 4. The van der Waals surface area contributed by atoms with E-state index >= 15 is 0 Å². The number of hydrogen-bond acceptors (Lipinski definition) is 5. The van der Waals surface area contributed by atoms with E-state index in [0.29, 0.717) is 36.8 Å². The number of hydrogen-bond donors (Lipinski definition) is 2. The number of nitrogens with zero attached hydrogens (tertiary/aromatic N) is 2. The monoisotopic (exact) mass is 424 g/mol. The number of nitrogens with one attached hydrogen (secondary N) is 2. The maximum absolute atomic E-state index is 12.3. The highest BCUT2D eigenvalue weighted by atomic mass is 16.5. The number of benzene rings is 2. The predicted molar refractivity (Wildman–Crippen MR) is 114 cm³/mol. The molecule has 0 atom stereocenters. The first-order valence-corrected chi connectivity index (χ1v) is 9.92. The lowest BCUT2D eigenvalue weighted by Gasteiger charge is -2.32. The van der Waals surface area contributed by atoms with E-state index in [0.717, 1.165) is 0 Å². The fourth-order valence-corrected chi connectivity index (χ4v) is 3.07. The molecule has 0 aliphatic carbocycles. The minimum absolute atomic E-state index is 0.190. The molecular formula is C22H24N4O5. The molecule has 0 saturated carbocycles. The fourth-order valence-electron chi connectivity index (χ4n) is 3.07. The normalized spacial score (nSPS) is 13.7. The molecular weight excluding hydrogens is 400 g/mol. The number of likely N-dealkylation sites (N-methyl/N-ethyl adjacent to an activating group) is 1. The smallest absolute Gasteiger partial charge is 0.312 e. The van der Waals surface area contributed by atoms with Crippen LogP contribution in [0.15, 0.2) is 54.6 Å². The van der Waals surface area contributed by atoms with Crippen molar-refractivity contribution in [1.82, 2.24) is 9.80 Å². The highest BCUT2D eigenvalue weighted by Gasteiger charge is 2.32. The third-order valence-electron chi connectivity index (χ3n) is 4.66. The van der Waals surface area contributed by atoms with E-state index in [1.54, 1.807) is 43.3 Å². The van der Waals surface area contributed by atoms with Crippen LogP contribution in [0, 0.1) is 0 Å². The molecule has 0 unspecified atom stereocenters. The molecule has 3 rings (SSSR count). The van der Waals surface area contributed by atoms with Crippen LogP contribution in [0.25, 0.3) is 0 Å². The third kappa shape index (κ3) is 6.05. The van der Waals surface area contributed by atoms with Gasteiger partial charge in [-0.3, -0.25) is 19.2 Å². The van der Waals surface area contributed by atoms with Crippen LogP contribution in [-0.2, 0) is 19.2 Å². The number of rotatable bonds is 8. The Hall–Kier alpha value is -3.88. The molecule has 1 fully saturated rings. The highest BCUT2D eigenvalue weighted by molar-refractivity contribution is 6.35. The van der Waals surface area contributed by atoms with E-state index in [1.165, 1.54) is 9.80 Å². The van der Waals surface area contributed by atoms with Crippen LogP contribution in [0.4, 0.5) is 11.4 Å². The first-order valence-electron chi connectivity index (χ1n) is 9.92. The van der Waals surface area contributed by atoms with E-state index in [2.05, 4.69) is 10.6 Å². The van der Waals surface area contributed by atoms with Gasteiger partial charge >= 0.3 is 11.8 Å². The third-order valence-corrected chi connectivity index (χ3v) is 4.66. The van der Waals surface area contributed by atoms with Gasteiger partial charge in [-0.2, -0.15) is 0 Å². The summed E-state index contributed by atoms with van der Waals surface area (Å²) in [6, 6.07) is 15.6. The van der Waals surface area contributed by atoms with Crippen LogP contribution >= 0.6 is 0 Å². The average Bonchev–Trinajstić information content (AvgIpc) is 2.77. The molecule has 0 radical (unpaired) electrons. The van der Waals surface area contributed by atoms with Gasteiger partial charge in [0.25, 0.3) is 5.91 Å². The second-order valence-corrected chi connectivity index (χ2v) is 6.89. The maximum atomic E-state index is 12.3. The van der Waals surface area contributed by atoms with E-state index in [1.807, 2.05) is 18.2 Å². The Labute approximate surface area is 180 Å². The molecule has 162 valence electrons. The first-order chi connectivity index (χ1) is 15.0. The van der Waals surface area contributed by atoms with Crippen LogP contribution < -0.4 is 15.4 Å². The Bertz CT molecular complexity index is 963. The van der Waals surface area contributed by atoms with E-state index < -0.39 is 17.7 Å². The zero-order valence-corrected chi connectivity index (χ0v) is 17.2. The summed E-state index contributed by atoms with van der Waals surface area (Å²) in [6.45, 7) is 2.57. The molecule has 31 heavy (non-hydrogen) atoms. The summed E-state index contributed by atoms with van der Waals surface area (Å²) in [7, 11) is 0. The number of ether oxygens (including phenoxy) is 1. The number of piperazine rings is 1. The Morgan fingerprint density at radius 3 is 2.26 bits per heavy atom. The summed E-state index contributed by atoms with van der Waals surface area (Å²) in [5, 5.41) is 5.40. The van der Waals surface area contributed by atoms with Gasteiger partial charge in [0.2, 0.25) is 5.91 Å².